The third kappa shape index (κ3) is 3.35. The van der Waals surface area contributed by atoms with E-state index in [-0.39, 0.29) is 0 Å². The number of hydrogen-bond acceptors (Lipinski definition) is 1. The summed E-state index contributed by atoms with van der Waals surface area (Å²) in [6.07, 6.45) is 9.46. The molecule has 0 aromatic heterocycles. The lowest BCUT2D eigenvalue weighted by Crippen LogP contribution is -2.41. The van der Waals surface area contributed by atoms with E-state index in [1.807, 2.05) is 0 Å². The molecule has 0 bridgehead atoms. The van der Waals surface area contributed by atoms with Gasteiger partial charge in [-0.1, -0.05) is 6.42 Å². The second-order valence-corrected chi connectivity index (χ2v) is 6.07. The van der Waals surface area contributed by atoms with Gasteiger partial charge in [-0.25, -0.2) is 0 Å². The summed E-state index contributed by atoms with van der Waals surface area (Å²) in [4.78, 5) is 2.71. The molecule has 1 atom stereocenters. The number of rotatable bonds is 2. The van der Waals surface area contributed by atoms with Crippen LogP contribution in [0.1, 0.15) is 51.9 Å². The van der Waals surface area contributed by atoms with E-state index in [0.29, 0.717) is 5.38 Å². The van der Waals surface area contributed by atoms with E-state index in [1.54, 1.807) is 0 Å². The average molecular weight is 230 g/mol. The predicted molar refractivity (Wildman–Crippen MR) is 66.5 cm³/mol. The van der Waals surface area contributed by atoms with E-state index in [9.17, 15) is 0 Å². The standard InChI is InChI=1S/C13H24ClN/c1-11-4-2-3-9-15(11)10-12-5-7-13(14)8-6-12/h11-13H,2-10H2,1H3. The quantitative estimate of drug-likeness (QED) is 0.654. The van der Waals surface area contributed by atoms with Crippen LogP contribution in [0.4, 0.5) is 0 Å². The van der Waals surface area contributed by atoms with Crippen LogP contribution in [-0.2, 0) is 0 Å². The van der Waals surface area contributed by atoms with Gasteiger partial charge in [-0.2, -0.15) is 0 Å². The summed E-state index contributed by atoms with van der Waals surface area (Å²) in [6.45, 7) is 5.07. The lowest BCUT2D eigenvalue weighted by atomic mass is 9.87. The Balaban J connectivity index is 1.75. The molecule has 2 aliphatic rings. The van der Waals surface area contributed by atoms with Gasteiger partial charge in [0.05, 0.1) is 0 Å². The molecular formula is C13H24ClN. The zero-order valence-electron chi connectivity index (χ0n) is 9.92. The van der Waals surface area contributed by atoms with E-state index >= 15 is 0 Å². The van der Waals surface area contributed by atoms with Gasteiger partial charge in [-0.3, -0.25) is 0 Å². The summed E-state index contributed by atoms with van der Waals surface area (Å²) in [7, 11) is 0. The van der Waals surface area contributed by atoms with Gasteiger partial charge in [-0.15, -0.1) is 11.6 Å². The van der Waals surface area contributed by atoms with Crippen molar-refractivity contribution < 1.29 is 0 Å². The fourth-order valence-corrected chi connectivity index (χ4v) is 3.32. The van der Waals surface area contributed by atoms with Gasteiger partial charge in [0.2, 0.25) is 0 Å². The van der Waals surface area contributed by atoms with E-state index < -0.39 is 0 Å². The van der Waals surface area contributed by atoms with Crippen LogP contribution in [0.2, 0.25) is 0 Å². The summed E-state index contributed by atoms with van der Waals surface area (Å²) in [5.41, 5.74) is 0. The molecule has 1 aliphatic heterocycles. The van der Waals surface area contributed by atoms with Crippen molar-refractivity contribution in [2.45, 2.75) is 63.3 Å². The molecule has 1 aliphatic carbocycles. The first-order chi connectivity index (χ1) is 7.25. The van der Waals surface area contributed by atoms with E-state index in [4.69, 9.17) is 11.6 Å². The van der Waals surface area contributed by atoms with Crippen LogP contribution in [0.3, 0.4) is 0 Å². The second kappa shape index (κ2) is 5.54. The van der Waals surface area contributed by atoms with Gasteiger partial charge in [0, 0.05) is 18.0 Å². The third-order valence-corrected chi connectivity index (χ3v) is 4.65. The number of alkyl halides is 1. The van der Waals surface area contributed by atoms with Crippen LogP contribution in [0.15, 0.2) is 0 Å². The molecule has 1 unspecified atom stereocenters. The van der Waals surface area contributed by atoms with Crippen LogP contribution in [0.25, 0.3) is 0 Å². The predicted octanol–water partition coefficient (Wildman–Crippen LogP) is 3.66. The highest BCUT2D eigenvalue weighted by Crippen LogP contribution is 2.29. The number of nitrogens with zero attached hydrogens (tertiary/aromatic N) is 1. The van der Waals surface area contributed by atoms with Crippen molar-refractivity contribution in [3.63, 3.8) is 0 Å². The van der Waals surface area contributed by atoms with E-state index in [2.05, 4.69) is 11.8 Å². The van der Waals surface area contributed by atoms with Crippen LogP contribution in [0, 0.1) is 5.92 Å². The number of halogens is 1. The molecule has 0 spiro atoms. The van der Waals surface area contributed by atoms with Crippen molar-refractivity contribution in [2.75, 3.05) is 13.1 Å². The maximum absolute atomic E-state index is 6.14. The Bertz CT molecular complexity index is 187. The molecule has 2 fully saturated rings. The molecule has 1 saturated heterocycles. The van der Waals surface area contributed by atoms with Crippen molar-refractivity contribution in [1.82, 2.24) is 4.90 Å². The highest BCUT2D eigenvalue weighted by molar-refractivity contribution is 6.20. The fraction of sp³-hybridized carbons (Fsp3) is 1.00. The summed E-state index contributed by atoms with van der Waals surface area (Å²) in [5.74, 6) is 0.931. The van der Waals surface area contributed by atoms with Crippen molar-refractivity contribution in [1.29, 1.82) is 0 Å². The normalized spacial score (nSPS) is 39.2. The minimum absolute atomic E-state index is 0.472. The number of piperidine rings is 1. The molecule has 0 radical (unpaired) electrons. The lowest BCUT2D eigenvalue weighted by Gasteiger charge is -2.37. The Hall–Kier alpha value is 0.250. The highest BCUT2D eigenvalue weighted by atomic mass is 35.5. The van der Waals surface area contributed by atoms with Crippen molar-refractivity contribution >= 4 is 11.6 Å². The molecule has 0 N–H and O–H groups in total. The zero-order chi connectivity index (χ0) is 10.7. The Labute approximate surface area is 99.2 Å². The Morgan fingerprint density at radius 1 is 1.07 bits per heavy atom. The van der Waals surface area contributed by atoms with Crippen LogP contribution < -0.4 is 0 Å². The largest absolute Gasteiger partial charge is 0.300 e. The summed E-state index contributed by atoms with van der Waals surface area (Å²) in [5, 5.41) is 0.472. The Morgan fingerprint density at radius 2 is 1.80 bits per heavy atom. The SMILES string of the molecule is CC1CCCCN1CC1CCC(Cl)CC1. The molecule has 0 amide bonds. The van der Waals surface area contributed by atoms with Crippen LogP contribution in [0.5, 0.6) is 0 Å². The first kappa shape index (κ1) is 11.7. The molecule has 2 heteroatoms. The molecule has 15 heavy (non-hydrogen) atoms. The van der Waals surface area contributed by atoms with Gasteiger partial charge in [0.15, 0.2) is 0 Å². The topological polar surface area (TPSA) is 3.24 Å². The van der Waals surface area contributed by atoms with Gasteiger partial charge in [0.1, 0.15) is 0 Å². The fourth-order valence-electron chi connectivity index (χ4n) is 3.06. The van der Waals surface area contributed by atoms with Crippen LogP contribution in [-0.4, -0.2) is 29.4 Å². The Morgan fingerprint density at radius 3 is 2.47 bits per heavy atom. The first-order valence-electron chi connectivity index (χ1n) is 6.64. The molecule has 1 saturated carbocycles. The van der Waals surface area contributed by atoms with Gasteiger partial charge in [0.25, 0.3) is 0 Å². The monoisotopic (exact) mass is 229 g/mol. The van der Waals surface area contributed by atoms with Crippen molar-refractivity contribution in [2.24, 2.45) is 5.92 Å². The highest BCUT2D eigenvalue weighted by Gasteiger charge is 2.24. The maximum Gasteiger partial charge on any atom is 0.0336 e. The second-order valence-electron chi connectivity index (χ2n) is 5.46. The minimum atomic E-state index is 0.472. The van der Waals surface area contributed by atoms with Crippen LogP contribution >= 0.6 is 11.6 Å². The van der Waals surface area contributed by atoms with Crippen molar-refractivity contribution in [3.8, 4) is 0 Å². The van der Waals surface area contributed by atoms with Gasteiger partial charge in [-0.05, 0) is 57.9 Å². The molecule has 88 valence electrons. The zero-order valence-corrected chi connectivity index (χ0v) is 10.7. The smallest absolute Gasteiger partial charge is 0.0336 e. The molecule has 1 nitrogen and oxygen atoms in total. The minimum Gasteiger partial charge on any atom is -0.300 e. The van der Waals surface area contributed by atoms with Gasteiger partial charge < -0.3 is 4.90 Å². The third-order valence-electron chi connectivity index (χ3n) is 4.21. The van der Waals surface area contributed by atoms with E-state index in [0.717, 1.165) is 12.0 Å². The maximum atomic E-state index is 6.14. The lowest BCUT2D eigenvalue weighted by molar-refractivity contribution is 0.123. The molecular weight excluding hydrogens is 206 g/mol. The first-order valence-corrected chi connectivity index (χ1v) is 7.07. The Kier molecular flexibility index (Phi) is 4.33. The average Bonchev–Trinajstić information content (AvgIpc) is 2.25. The molecule has 0 aromatic rings. The number of hydrogen-bond donors (Lipinski definition) is 0. The molecule has 2 rings (SSSR count). The molecule has 0 aromatic carbocycles. The summed E-state index contributed by atoms with van der Waals surface area (Å²) in [6, 6.07) is 0.826. The van der Waals surface area contributed by atoms with Crippen molar-refractivity contribution in [3.05, 3.63) is 0 Å². The summed E-state index contributed by atoms with van der Waals surface area (Å²) >= 11 is 6.14. The number of likely N-dealkylation sites (tertiary alicyclic amines) is 1. The summed E-state index contributed by atoms with van der Waals surface area (Å²) < 4.78 is 0. The van der Waals surface area contributed by atoms with Gasteiger partial charge >= 0.3 is 0 Å². The molecule has 1 heterocycles. The van der Waals surface area contributed by atoms with E-state index in [1.165, 1.54) is 58.0 Å².